The minimum absolute atomic E-state index is 0.00378. The molecule has 11 rings (SSSR count). The summed E-state index contributed by atoms with van der Waals surface area (Å²) in [5.41, 5.74) is 4.68. The van der Waals surface area contributed by atoms with Crippen LogP contribution in [0, 0.1) is 53.1 Å². The molecule has 0 aliphatic carbocycles. The zero-order chi connectivity index (χ0) is 97.0. The zero-order valence-corrected chi connectivity index (χ0v) is 76.9. The van der Waals surface area contributed by atoms with E-state index in [1.165, 1.54) is 34.3 Å². The summed E-state index contributed by atoms with van der Waals surface area (Å²) in [6, 6.07) is 42.7. The smallest absolute Gasteiger partial charge is 0.410 e. The SMILES string of the molecule is CC(C)[C@@H](C)C(=O)C[C@@H](C)C(=O)Cc1ccc(CO)cc1.CCn1cc(C(=O)O)c(=O)c2cc(F)c(N3CCN(C(=O)OCc4ccc(NC(=O)[C@H](C)CC(=O)[C@H](NC(=O)OCc5ccccc5)C(C)C)cc4)CC3)cc21.CCn1cc(C(=O)O)c(=O)c2cc(F)c(N3CCN(C(=O)OCc4ccc(NC(=O)[C@H](C)CC(=O)[C@H](NC(=O)OCc5ccccc5)C(C)C)cc4)CC3)cc21. The molecule has 9 aromatic rings. The number of anilines is 4. The van der Waals surface area contributed by atoms with Crippen molar-refractivity contribution in [2.45, 2.75) is 167 Å². The quantitative estimate of drug-likeness (QED) is 0.0179. The molecule has 2 saturated heterocycles. The summed E-state index contributed by atoms with van der Waals surface area (Å²) in [6.45, 7) is 24.9. The molecular weight excluding hydrogens is 1720 g/mol. The van der Waals surface area contributed by atoms with E-state index in [1.807, 2.05) is 113 Å². The van der Waals surface area contributed by atoms with Crippen molar-refractivity contribution < 1.29 is 101 Å². The lowest BCUT2D eigenvalue weighted by Gasteiger charge is -2.35. The van der Waals surface area contributed by atoms with E-state index in [4.69, 9.17) is 24.1 Å². The van der Waals surface area contributed by atoms with Gasteiger partial charge in [0, 0.05) is 149 Å². The number of alkyl carbamates (subject to hydrolysis) is 2. The first-order chi connectivity index (χ1) is 63.3. The highest BCUT2D eigenvalue weighted by Gasteiger charge is 2.33. The fourth-order valence-electron chi connectivity index (χ4n) is 14.9. The highest BCUT2D eigenvalue weighted by atomic mass is 19.1. The molecule has 4 heterocycles. The van der Waals surface area contributed by atoms with Crippen molar-refractivity contribution in [3.63, 3.8) is 0 Å². The molecule has 2 aromatic heterocycles. The number of halogens is 2. The van der Waals surface area contributed by atoms with Gasteiger partial charge in [-0.3, -0.25) is 38.4 Å². The molecule has 2 aliphatic rings. The molecule has 33 heteroatoms. The Morgan fingerprint density at radius 3 is 1.08 bits per heavy atom. The number of Topliss-reactive ketones (excluding diaryl/α,β-unsaturated/α-hetero) is 4. The third-order valence-corrected chi connectivity index (χ3v) is 23.4. The van der Waals surface area contributed by atoms with Crippen molar-refractivity contribution in [1.29, 1.82) is 0 Å². The summed E-state index contributed by atoms with van der Waals surface area (Å²) in [5.74, 6) is -6.90. The lowest BCUT2D eigenvalue weighted by molar-refractivity contribution is -0.129. The third kappa shape index (κ3) is 29.0. The first-order valence-electron chi connectivity index (χ1n) is 44.4. The Bertz CT molecular complexity index is 5440. The lowest BCUT2D eigenvalue weighted by Crippen LogP contribution is -2.49. The Morgan fingerprint density at radius 2 is 0.737 bits per heavy atom. The van der Waals surface area contributed by atoms with Gasteiger partial charge in [0.05, 0.1) is 41.1 Å². The molecule has 6 amide bonds. The predicted octanol–water partition coefficient (Wildman–Crippen LogP) is 14.8. The number of aliphatic hydroxyl groups is 1. The topological polar surface area (TPSA) is 408 Å². The molecule has 0 radical (unpaired) electrons. The largest absolute Gasteiger partial charge is 0.477 e. The molecule has 708 valence electrons. The van der Waals surface area contributed by atoms with E-state index in [-0.39, 0.29) is 153 Å². The van der Waals surface area contributed by atoms with Crippen LogP contribution in [0.25, 0.3) is 21.8 Å². The third-order valence-electron chi connectivity index (χ3n) is 23.4. The number of ketones is 4. The molecule has 0 saturated carbocycles. The maximum atomic E-state index is 15.3. The number of benzene rings is 7. The number of aromatic carboxylic acids is 2. The molecule has 2 aliphatic heterocycles. The van der Waals surface area contributed by atoms with E-state index >= 15 is 8.78 Å². The number of carboxylic acid groups (broad SMARTS) is 2. The Balaban J connectivity index is 0.000000246. The number of aliphatic hydroxyl groups excluding tert-OH is 1. The number of amides is 6. The van der Waals surface area contributed by atoms with Gasteiger partial charge in [-0.25, -0.2) is 37.5 Å². The second-order valence-corrected chi connectivity index (χ2v) is 34.2. The maximum Gasteiger partial charge on any atom is 0.410 e. The number of rotatable bonds is 36. The zero-order valence-electron chi connectivity index (χ0n) is 76.9. The number of carbonyl (C=O) groups excluding carboxylic acids is 10. The van der Waals surface area contributed by atoms with Crippen molar-refractivity contribution in [3.05, 3.63) is 247 Å². The van der Waals surface area contributed by atoms with Crippen molar-refractivity contribution in [2.24, 2.45) is 41.4 Å². The van der Waals surface area contributed by atoms with Crippen molar-refractivity contribution in [2.75, 3.05) is 72.8 Å². The number of aromatic nitrogens is 2. The Morgan fingerprint density at radius 1 is 0.398 bits per heavy atom. The van der Waals surface area contributed by atoms with E-state index < -0.39 is 93.8 Å². The van der Waals surface area contributed by atoms with Gasteiger partial charge >= 0.3 is 36.3 Å². The van der Waals surface area contributed by atoms with Crippen LogP contribution < -0.4 is 41.9 Å². The summed E-state index contributed by atoms with van der Waals surface area (Å²) < 4.78 is 55.3. The normalized spacial score (nSPS) is 13.9. The molecule has 0 spiro atoms. The Kier molecular flexibility index (Phi) is 37.7. The number of carbonyl (C=O) groups is 12. The van der Waals surface area contributed by atoms with Gasteiger partial charge in [-0.15, -0.1) is 0 Å². The molecular formula is C100H118F2N10O21. The second-order valence-electron chi connectivity index (χ2n) is 34.2. The summed E-state index contributed by atoms with van der Waals surface area (Å²) in [7, 11) is 0. The standard InChI is InChI=1S/2C41H46FN5O9.C18H26O3/c2*1-5-45-22-31(39(51)52)37(49)30-20-32(42)34(21-33(30)45)46-15-17-47(18-16-46)41(54)56-24-28-11-13-29(14-12-28)43-38(50)26(4)19-35(48)36(25(2)3)44-40(53)55-23-27-9-7-6-8-10-27;1-12(2)14(4)18(21)9-13(3)17(20)10-15-5-7-16(11-19)8-6-15/h2*6-14,20-22,25-26,36H,5,15-19,23-24H2,1-4H3,(H,43,50)(H,44,53)(H,51,52);5-8,12-14,19H,9-11H2,1-4H3/t2*26-,36-;13-,14-/m111/s1. The van der Waals surface area contributed by atoms with Gasteiger partial charge in [-0.2, -0.15) is 0 Å². The predicted molar refractivity (Wildman–Crippen MR) is 498 cm³/mol. The minimum atomic E-state index is -1.38. The van der Waals surface area contributed by atoms with E-state index in [1.54, 1.807) is 123 Å². The van der Waals surface area contributed by atoms with Crippen LogP contribution in [-0.4, -0.2) is 170 Å². The highest BCUT2D eigenvalue weighted by Crippen LogP contribution is 2.31. The summed E-state index contributed by atoms with van der Waals surface area (Å²) in [5, 5.41) is 38.6. The lowest BCUT2D eigenvalue weighted by atomic mass is 9.86. The molecule has 7 aromatic carbocycles. The van der Waals surface area contributed by atoms with E-state index in [0.717, 1.165) is 34.4 Å². The highest BCUT2D eigenvalue weighted by molar-refractivity contribution is 5.99. The number of ether oxygens (including phenoxy) is 4. The number of nitrogens with one attached hydrogen (secondary N) is 4. The number of nitrogens with zero attached hydrogens (tertiary/aromatic N) is 6. The van der Waals surface area contributed by atoms with Crippen molar-refractivity contribution >= 4 is 116 Å². The Labute approximate surface area is 770 Å². The van der Waals surface area contributed by atoms with Crippen molar-refractivity contribution in [3.8, 4) is 0 Å². The number of carboxylic acids is 2. The molecule has 0 unspecified atom stereocenters. The molecule has 7 N–H and O–H groups in total. The maximum absolute atomic E-state index is 15.3. The number of aryl methyl sites for hydroxylation is 2. The van der Waals surface area contributed by atoms with Gasteiger partial charge in [0.2, 0.25) is 22.7 Å². The number of piperazine rings is 2. The summed E-state index contributed by atoms with van der Waals surface area (Å²) in [4.78, 5) is 182. The fraction of sp³-hybridized carbons (Fsp3) is 0.400. The molecule has 133 heavy (non-hydrogen) atoms. The van der Waals surface area contributed by atoms with Crippen LogP contribution in [0.4, 0.5) is 50.7 Å². The van der Waals surface area contributed by atoms with E-state index in [0.29, 0.717) is 91.6 Å². The van der Waals surface area contributed by atoms with E-state index in [2.05, 4.69) is 21.3 Å². The van der Waals surface area contributed by atoms with Gasteiger partial charge in [0.15, 0.2) is 11.6 Å². The first-order valence-corrected chi connectivity index (χ1v) is 44.4. The number of hydrogen-bond donors (Lipinski definition) is 7. The fourth-order valence-corrected chi connectivity index (χ4v) is 14.9. The van der Waals surface area contributed by atoms with Gasteiger partial charge < -0.3 is 84.3 Å². The van der Waals surface area contributed by atoms with Crippen LogP contribution in [-0.2, 0) is 100 Å². The molecule has 31 nitrogen and oxygen atoms in total. The molecule has 0 bridgehead atoms. The van der Waals surface area contributed by atoms with Crippen LogP contribution in [0.1, 0.15) is 156 Å². The Hall–Kier alpha value is -14.0. The van der Waals surface area contributed by atoms with Crippen LogP contribution in [0.15, 0.2) is 180 Å². The molecule has 6 atom stereocenters. The number of pyridine rings is 2. The van der Waals surface area contributed by atoms with Gasteiger partial charge in [-0.05, 0) is 114 Å². The van der Waals surface area contributed by atoms with Crippen LogP contribution >= 0.6 is 0 Å². The average molecular weight is 1830 g/mol. The van der Waals surface area contributed by atoms with Gasteiger partial charge in [0.25, 0.3) is 0 Å². The van der Waals surface area contributed by atoms with Crippen molar-refractivity contribution in [1.82, 2.24) is 29.6 Å². The number of fused-ring (bicyclic) bond motifs is 2. The second kappa shape index (κ2) is 48.8. The van der Waals surface area contributed by atoms with Crippen LogP contribution in [0.3, 0.4) is 0 Å². The average Bonchev–Trinajstić information content (AvgIpc) is 0.765. The van der Waals surface area contributed by atoms with Crippen LogP contribution in [0.5, 0.6) is 0 Å². The van der Waals surface area contributed by atoms with Gasteiger partial charge in [0.1, 0.15) is 60.8 Å². The minimum Gasteiger partial charge on any atom is -0.477 e. The van der Waals surface area contributed by atoms with Crippen LogP contribution in [0.2, 0.25) is 0 Å². The summed E-state index contributed by atoms with van der Waals surface area (Å²) in [6.07, 6.45) is 0.488. The van der Waals surface area contributed by atoms with E-state index in [9.17, 15) is 77.3 Å². The first kappa shape index (κ1) is 103. The monoisotopic (exact) mass is 1830 g/mol. The summed E-state index contributed by atoms with van der Waals surface area (Å²) >= 11 is 0. The number of hydrogen-bond acceptors (Lipinski definition) is 21. The molecule has 2 fully saturated rings. The van der Waals surface area contributed by atoms with Gasteiger partial charge in [-0.1, -0.05) is 178 Å².